The number of aromatic nitrogens is 1. The average molecular weight is 315 g/mol. The second kappa shape index (κ2) is 7.15. The van der Waals surface area contributed by atoms with Gasteiger partial charge in [0.2, 0.25) is 5.91 Å². The van der Waals surface area contributed by atoms with Crippen LogP contribution in [-0.4, -0.2) is 49.2 Å². The van der Waals surface area contributed by atoms with Crippen LogP contribution < -0.4 is 5.32 Å². The molecule has 1 aromatic heterocycles. The van der Waals surface area contributed by atoms with Crippen molar-refractivity contribution in [3.05, 3.63) is 30.5 Å². The number of hydrogen-bond acceptors (Lipinski definition) is 3. The van der Waals surface area contributed by atoms with Crippen molar-refractivity contribution >= 4 is 22.5 Å². The molecule has 1 fully saturated rings. The van der Waals surface area contributed by atoms with Crippen molar-refractivity contribution in [3.63, 3.8) is 0 Å². The molecule has 0 aliphatic carbocycles. The number of fused-ring (bicyclic) bond motifs is 1. The van der Waals surface area contributed by atoms with E-state index in [1.807, 2.05) is 6.07 Å². The summed E-state index contributed by atoms with van der Waals surface area (Å²) >= 11 is 0. The Morgan fingerprint density at radius 3 is 3.00 bits per heavy atom. The lowest BCUT2D eigenvalue weighted by molar-refractivity contribution is -0.123. The van der Waals surface area contributed by atoms with Gasteiger partial charge in [0.05, 0.1) is 18.0 Å². The number of likely N-dealkylation sites (N-methyl/N-ethyl adjacent to an activating group) is 1. The van der Waals surface area contributed by atoms with Crippen LogP contribution in [0.4, 0.5) is 5.69 Å². The van der Waals surface area contributed by atoms with E-state index in [4.69, 9.17) is 4.74 Å². The van der Waals surface area contributed by atoms with Crippen LogP contribution in [0.1, 0.15) is 12.8 Å². The van der Waals surface area contributed by atoms with Crippen molar-refractivity contribution in [2.24, 2.45) is 5.92 Å². The zero-order valence-electron chi connectivity index (χ0n) is 13.9. The Morgan fingerprint density at radius 2 is 2.26 bits per heavy atom. The van der Waals surface area contributed by atoms with Crippen LogP contribution in [0.3, 0.4) is 0 Å². The molecule has 23 heavy (non-hydrogen) atoms. The fraction of sp³-hybridized carbons (Fsp3) is 0.500. The summed E-state index contributed by atoms with van der Waals surface area (Å²) in [6.07, 6.45) is 3.98. The van der Waals surface area contributed by atoms with E-state index in [0.29, 0.717) is 6.61 Å². The number of benzene rings is 1. The molecule has 1 aromatic carbocycles. The van der Waals surface area contributed by atoms with Crippen LogP contribution in [0, 0.1) is 5.92 Å². The SMILES string of the molecule is CN(C)CCn1ccc2ccc(NC(=O)C3CCCOC3)cc21. The highest BCUT2D eigenvalue weighted by atomic mass is 16.5. The molecule has 1 aliphatic heterocycles. The van der Waals surface area contributed by atoms with Crippen molar-refractivity contribution in [3.8, 4) is 0 Å². The third kappa shape index (κ3) is 3.92. The lowest BCUT2D eigenvalue weighted by Gasteiger charge is -2.21. The van der Waals surface area contributed by atoms with Crippen LogP contribution in [-0.2, 0) is 16.1 Å². The summed E-state index contributed by atoms with van der Waals surface area (Å²) in [6.45, 7) is 3.23. The number of carbonyl (C=O) groups excluding carboxylic acids is 1. The molecule has 5 heteroatoms. The first-order valence-electron chi connectivity index (χ1n) is 8.26. The third-order valence-electron chi connectivity index (χ3n) is 4.36. The maximum absolute atomic E-state index is 12.3. The maximum atomic E-state index is 12.3. The maximum Gasteiger partial charge on any atom is 0.229 e. The van der Waals surface area contributed by atoms with Crippen molar-refractivity contribution in [1.29, 1.82) is 0 Å². The Bertz CT molecular complexity index is 672. The largest absolute Gasteiger partial charge is 0.381 e. The van der Waals surface area contributed by atoms with E-state index < -0.39 is 0 Å². The topological polar surface area (TPSA) is 46.5 Å². The molecule has 1 atom stereocenters. The summed E-state index contributed by atoms with van der Waals surface area (Å²) in [5.74, 6) is 0.0374. The highest BCUT2D eigenvalue weighted by Crippen LogP contribution is 2.22. The first kappa shape index (κ1) is 16.0. The average Bonchev–Trinajstić information content (AvgIpc) is 2.96. The lowest BCUT2D eigenvalue weighted by Crippen LogP contribution is -2.30. The van der Waals surface area contributed by atoms with Crippen LogP contribution in [0.5, 0.6) is 0 Å². The quantitative estimate of drug-likeness (QED) is 0.922. The van der Waals surface area contributed by atoms with E-state index >= 15 is 0 Å². The minimum Gasteiger partial charge on any atom is -0.381 e. The molecule has 0 saturated carbocycles. The molecular formula is C18H25N3O2. The van der Waals surface area contributed by atoms with Gasteiger partial charge in [-0.25, -0.2) is 0 Å². The predicted octanol–water partition coefficient (Wildman–Crippen LogP) is 2.57. The monoisotopic (exact) mass is 315 g/mol. The highest BCUT2D eigenvalue weighted by molar-refractivity contribution is 5.95. The Morgan fingerprint density at radius 1 is 1.39 bits per heavy atom. The number of amides is 1. The molecule has 2 heterocycles. The van der Waals surface area contributed by atoms with E-state index in [1.54, 1.807) is 0 Å². The minimum atomic E-state index is -0.0278. The van der Waals surface area contributed by atoms with Gasteiger partial charge < -0.3 is 19.5 Å². The number of nitrogens with one attached hydrogen (secondary N) is 1. The second-order valence-corrected chi connectivity index (χ2v) is 6.49. The number of anilines is 1. The molecule has 1 amide bonds. The number of ether oxygens (including phenoxy) is 1. The van der Waals surface area contributed by atoms with Gasteiger partial charge in [0.15, 0.2) is 0 Å². The molecule has 1 aliphatic rings. The van der Waals surface area contributed by atoms with Gasteiger partial charge in [-0.15, -0.1) is 0 Å². The first-order valence-corrected chi connectivity index (χ1v) is 8.26. The standard InChI is InChI=1S/C18H25N3O2/c1-20(2)9-10-21-8-7-14-5-6-16(12-17(14)21)19-18(22)15-4-3-11-23-13-15/h5-8,12,15H,3-4,9-11,13H2,1-2H3,(H,19,22). The summed E-state index contributed by atoms with van der Waals surface area (Å²) in [6, 6.07) is 8.22. The van der Waals surface area contributed by atoms with Gasteiger partial charge >= 0.3 is 0 Å². The van der Waals surface area contributed by atoms with Crippen LogP contribution in [0.15, 0.2) is 30.5 Å². The van der Waals surface area contributed by atoms with Gasteiger partial charge in [0.1, 0.15) is 0 Å². The zero-order chi connectivity index (χ0) is 16.2. The molecule has 1 N–H and O–H groups in total. The molecule has 0 spiro atoms. The van der Waals surface area contributed by atoms with Gasteiger partial charge in [-0.1, -0.05) is 6.07 Å². The van der Waals surface area contributed by atoms with Crippen LogP contribution >= 0.6 is 0 Å². The van der Waals surface area contributed by atoms with Gasteiger partial charge in [0, 0.05) is 31.6 Å². The summed E-state index contributed by atoms with van der Waals surface area (Å²) in [7, 11) is 4.15. The molecule has 2 aromatic rings. The Hall–Kier alpha value is -1.85. The zero-order valence-corrected chi connectivity index (χ0v) is 13.9. The summed E-state index contributed by atoms with van der Waals surface area (Å²) < 4.78 is 7.63. The fourth-order valence-corrected chi connectivity index (χ4v) is 2.96. The number of carbonyl (C=O) groups is 1. The van der Waals surface area contributed by atoms with Crippen molar-refractivity contribution in [1.82, 2.24) is 9.47 Å². The molecule has 3 rings (SSSR count). The predicted molar refractivity (Wildman–Crippen MR) is 92.7 cm³/mol. The second-order valence-electron chi connectivity index (χ2n) is 6.49. The Balaban J connectivity index is 1.73. The van der Waals surface area contributed by atoms with Gasteiger partial charge in [0.25, 0.3) is 0 Å². The number of nitrogens with zero attached hydrogens (tertiary/aromatic N) is 2. The van der Waals surface area contributed by atoms with Gasteiger partial charge in [-0.05, 0) is 50.5 Å². The normalized spacial score (nSPS) is 18.5. The van der Waals surface area contributed by atoms with Gasteiger partial charge in [-0.3, -0.25) is 4.79 Å². The molecule has 0 radical (unpaired) electrons. The van der Waals surface area contributed by atoms with E-state index in [1.165, 1.54) is 5.39 Å². The van der Waals surface area contributed by atoms with E-state index in [2.05, 4.69) is 53.3 Å². The Labute approximate surface area is 137 Å². The smallest absolute Gasteiger partial charge is 0.229 e. The van der Waals surface area contributed by atoms with E-state index in [0.717, 1.165) is 43.7 Å². The van der Waals surface area contributed by atoms with Crippen LogP contribution in [0.25, 0.3) is 10.9 Å². The van der Waals surface area contributed by atoms with Crippen molar-refractivity contribution < 1.29 is 9.53 Å². The summed E-state index contributed by atoms with van der Waals surface area (Å²) in [5, 5.41) is 4.24. The Kier molecular flexibility index (Phi) is 4.98. The number of rotatable bonds is 5. The minimum absolute atomic E-state index is 0.0278. The van der Waals surface area contributed by atoms with E-state index in [9.17, 15) is 4.79 Å². The molecule has 0 bridgehead atoms. The number of hydrogen-bond donors (Lipinski definition) is 1. The van der Waals surface area contributed by atoms with Crippen molar-refractivity contribution in [2.45, 2.75) is 19.4 Å². The molecule has 1 unspecified atom stereocenters. The molecule has 1 saturated heterocycles. The third-order valence-corrected chi connectivity index (χ3v) is 4.36. The first-order chi connectivity index (χ1) is 11.1. The lowest BCUT2D eigenvalue weighted by atomic mass is 10.0. The summed E-state index contributed by atoms with van der Waals surface area (Å²) in [5.41, 5.74) is 2.02. The molecular weight excluding hydrogens is 290 g/mol. The molecule has 5 nitrogen and oxygen atoms in total. The van der Waals surface area contributed by atoms with Gasteiger partial charge in [-0.2, -0.15) is 0 Å². The fourth-order valence-electron chi connectivity index (χ4n) is 2.96. The van der Waals surface area contributed by atoms with Crippen LogP contribution in [0.2, 0.25) is 0 Å². The highest BCUT2D eigenvalue weighted by Gasteiger charge is 2.21. The summed E-state index contributed by atoms with van der Waals surface area (Å²) in [4.78, 5) is 14.5. The molecule has 124 valence electrons. The van der Waals surface area contributed by atoms with E-state index in [-0.39, 0.29) is 11.8 Å². The van der Waals surface area contributed by atoms with Crippen molar-refractivity contribution in [2.75, 3.05) is 39.2 Å².